The van der Waals surface area contributed by atoms with Crippen molar-refractivity contribution >= 4 is 5.91 Å². The number of nitrogens with one attached hydrogen (secondary N) is 2. The maximum absolute atomic E-state index is 12.8. The molecule has 7 heteroatoms. The monoisotopic (exact) mass is 322 g/mol. The molecule has 0 bridgehead atoms. The molecule has 3 aromatic heterocycles. The number of amides is 1. The van der Waals surface area contributed by atoms with Gasteiger partial charge < -0.3 is 4.90 Å². The topological polar surface area (TPSA) is 90.6 Å². The van der Waals surface area contributed by atoms with Gasteiger partial charge in [0.15, 0.2) is 0 Å². The summed E-state index contributed by atoms with van der Waals surface area (Å²) in [6, 6.07) is 7.55. The van der Waals surface area contributed by atoms with Gasteiger partial charge in [-0.15, -0.1) is 0 Å². The summed E-state index contributed by atoms with van der Waals surface area (Å²) in [7, 11) is 0. The van der Waals surface area contributed by atoms with Crippen LogP contribution in [0.1, 0.15) is 34.9 Å². The fourth-order valence-electron chi connectivity index (χ4n) is 3.17. The standard InChI is InChI=1S/C17H18N6O/c24-17(16-9-15(21-22-16)12-3-1-6-18-10-12)23-8-2-4-13(11-23)14-5-7-19-20-14/h1,3,5-7,9-10,13H,2,4,8,11H2,(H,19,20)(H,21,22). The van der Waals surface area contributed by atoms with Gasteiger partial charge in [-0.2, -0.15) is 10.2 Å². The first-order valence-electron chi connectivity index (χ1n) is 8.05. The molecule has 7 nitrogen and oxygen atoms in total. The first-order chi connectivity index (χ1) is 11.8. The van der Waals surface area contributed by atoms with Crippen LogP contribution < -0.4 is 0 Å². The van der Waals surface area contributed by atoms with Gasteiger partial charge in [-0.3, -0.25) is 20.0 Å². The second-order valence-electron chi connectivity index (χ2n) is 6.01. The molecular weight excluding hydrogens is 304 g/mol. The van der Waals surface area contributed by atoms with Gasteiger partial charge in [0.1, 0.15) is 5.69 Å². The Balaban J connectivity index is 1.50. The highest BCUT2D eigenvalue weighted by Crippen LogP contribution is 2.26. The predicted molar refractivity (Wildman–Crippen MR) is 88.3 cm³/mol. The van der Waals surface area contributed by atoms with Gasteiger partial charge in [-0.25, -0.2) is 0 Å². The highest BCUT2D eigenvalue weighted by atomic mass is 16.2. The average Bonchev–Trinajstić information content (AvgIpc) is 3.34. The zero-order chi connectivity index (χ0) is 16.4. The fraction of sp³-hybridized carbons (Fsp3) is 0.294. The van der Waals surface area contributed by atoms with Gasteiger partial charge in [0.05, 0.1) is 5.69 Å². The number of aromatic amines is 2. The predicted octanol–water partition coefficient (Wildman–Crippen LogP) is 2.21. The summed E-state index contributed by atoms with van der Waals surface area (Å²) in [5, 5.41) is 14.1. The molecule has 24 heavy (non-hydrogen) atoms. The molecule has 0 saturated carbocycles. The largest absolute Gasteiger partial charge is 0.337 e. The Morgan fingerprint density at radius 2 is 2.21 bits per heavy atom. The van der Waals surface area contributed by atoms with Crippen LogP contribution >= 0.6 is 0 Å². The minimum atomic E-state index is -0.0122. The fourth-order valence-corrected chi connectivity index (χ4v) is 3.17. The van der Waals surface area contributed by atoms with Crippen LogP contribution in [0.4, 0.5) is 0 Å². The SMILES string of the molecule is O=C(c1cc(-c2cccnc2)n[nH]1)N1CCCC(c2ccn[nH]2)C1. The lowest BCUT2D eigenvalue weighted by Gasteiger charge is -2.31. The second-order valence-corrected chi connectivity index (χ2v) is 6.01. The third kappa shape index (κ3) is 2.80. The lowest BCUT2D eigenvalue weighted by atomic mass is 9.95. The number of nitrogens with zero attached hydrogens (tertiary/aromatic N) is 4. The molecule has 1 aliphatic rings. The Labute approximate surface area is 139 Å². The second kappa shape index (κ2) is 6.27. The van der Waals surface area contributed by atoms with Crippen LogP contribution in [-0.2, 0) is 0 Å². The molecule has 0 aromatic carbocycles. The van der Waals surface area contributed by atoms with Crippen LogP contribution in [0.15, 0.2) is 42.9 Å². The third-order valence-electron chi connectivity index (χ3n) is 4.44. The highest BCUT2D eigenvalue weighted by molar-refractivity contribution is 5.93. The quantitative estimate of drug-likeness (QED) is 0.773. The Bertz CT molecular complexity index is 811. The molecule has 1 amide bonds. The highest BCUT2D eigenvalue weighted by Gasteiger charge is 2.27. The van der Waals surface area contributed by atoms with E-state index in [2.05, 4.69) is 25.4 Å². The molecule has 122 valence electrons. The number of pyridine rings is 1. The van der Waals surface area contributed by atoms with Gasteiger partial charge in [-0.1, -0.05) is 0 Å². The summed E-state index contributed by atoms with van der Waals surface area (Å²) in [6.07, 6.45) is 7.26. The number of aromatic nitrogens is 5. The van der Waals surface area contributed by atoms with Gasteiger partial charge in [0, 0.05) is 48.9 Å². The first kappa shape index (κ1) is 14.6. The molecule has 0 spiro atoms. The van der Waals surface area contributed by atoms with Crippen LogP contribution in [0.3, 0.4) is 0 Å². The van der Waals surface area contributed by atoms with Crippen molar-refractivity contribution in [3.05, 3.63) is 54.2 Å². The number of likely N-dealkylation sites (tertiary alicyclic amines) is 1. The van der Waals surface area contributed by atoms with Crippen molar-refractivity contribution in [2.75, 3.05) is 13.1 Å². The average molecular weight is 322 g/mol. The lowest BCUT2D eigenvalue weighted by Crippen LogP contribution is -2.39. The molecule has 1 fully saturated rings. The summed E-state index contributed by atoms with van der Waals surface area (Å²) < 4.78 is 0. The number of piperidine rings is 1. The summed E-state index contributed by atoms with van der Waals surface area (Å²) in [5.74, 6) is 0.299. The first-order valence-corrected chi connectivity index (χ1v) is 8.05. The van der Waals surface area contributed by atoms with Crippen LogP contribution in [0.5, 0.6) is 0 Å². The number of carbonyl (C=O) groups is 1. The lowest BCUT2D eigenvalue weighted by molar-refractivity contribution is 0.0700. The maximum atomic E-state index is 12.8. The van der Waals surface area contributed by atoms with E-state index in [9.17, 15) is 4.79 Å². The normalized spacial score (nSPS) is 17.8. The van der Waals surface area contributed by atoms with Gasteiger partial charge >= 0.3 is 0 Å². The van der Waals surface area contributed by atoms with E-state index in [1.807, 2.05) is 23.1 Å². The Kier molecular flexibility index (Phi) is 3.82. The Morgan fingerprint density at radius 3 is 3.00 bits per heavy atom. The summed E-state index contributed by atoms with van der Waals surface area (Å²) >= 11 is 0. The van der Waals surface area contributed by atoms with E-state index in [4.69, 9.17) is 0 Å². The molecule has 1 atom stereocenters. The van der Waals surface area contributed by atoms with E-state index in [0.717, 1.165) is 36.3 Å². The molecule has 4 rings (SSSR count). The molecule has 0 radical (unpaired) electrons. The zero-order valence-corrected chi connectivity index (χ0v) is 13.1. The molecule has 1 saturated heterocycles. The zero-order valence-electron chi connectivity index (χ0n) is 13.1. The number of rotatable bonds is 3. The van der Waals surface area contributed by atoms with E-state index >= 15 is 0 Å². The van der Waals surface area contributed by atoms with E-state index < -0.39 is 0 Å². The van der Waals surface area contributed by atoms with E-state index in [0.29, 0.717) is 18.2 Å². The van der Waals surface area contributed by atoms with Crippen LogP contribution in [0.2, 0.25) is 0 Å². The van der Waals surface area contributed by atoms with Gasteiger partial charge in [-0.05, 0) is 37.1 Å². The summed E-state index contributed by atoms with van der Waals surface area (Å²) in [4.78, 5) is 18.7. The van der Waals surface area contributed by atoms with Crippen molar-refractivity contribution in [2.45, 2.75) is 18.8 Å². The summed E-state index contributed by atoms with van der Waals surface area (Å²) in [5.41, 5.74) is 3.22. The number of carbonyl (C=O) groups excluding carboxylic acids is 1. The number of H-pyrrole nitrogens is 2. The van der Waals surface area contributed by atoms with Crippen molar-refractivity contribution < 1.29 is 4.79 Å². The number of hydrogen-bond donors (Lipinski definition) is 2. The molecule has 1 aliphatic heterocycles. The van der Waals surface area contributed by atoms with Crippen LogP contribution in [0.25, 0.3) is 11.3 Å². The van der Waals surface area contributed by atoms with Gasteiger partial charge in [0.25, 0.3) is 5.91 Å². The van der Waals surface area contributed by atoms with Crippen molar-refractivity contribution in [3.8, 4) is 11.3 Å². The van der Waals surface area contributed by atoms with Crippen molar-refractivity contribution in [1.82, 2.24) is 30.3 Å². The minimum absolute atomic E-state index is 0.0122. The molecule has 3 aromatic rings. The van der Waals surface area contributed by atoms with Crippen molar-refractivity contribution in [2.24, 2.45) is 0 Å². The Morgan fingerprint density at radius 1 is 1.25 bits per heavy atom. The summed E-state index contributed by atoms with van der Waals surface area (Å²) in [6.45, 7) is 1.47. The molecule has 0 aliphatic carbocycles. The van der Waals surface area contributed by atoms with E-state index in [1.54, 1.807) is 24.7 Å². The van der Waals surface area contributed by atoms with Crippen molar-refractivity contribution in [3.63, 3.8) is 0 Å². The van der Waals surface area contributed by atoms with Crippen molar-refractivity contribution in [1.29, 1.82) is 0 Å². The molecule has 2 N–H and O–H groups in total. The number of hydrogen-bond acceptors (Lipinski definition) is 4. The van der Waals surface area contributed by atoms with Crippen LogP contribution in [0, 0.1) is 0 Å². The molecule has 4 heterocycles. The minimum Gasteiger partial charge on any atom is -0.337 e. The van der Waals surface area contributed by atoms with Gasteiger partial charge in [0.2, 0.25) is 0 Å². The molecule has 1 unspecified atom stereocenters. The van der Waals surface area contributed by atoms with Crippen LogP contribution in [-0.4, -0.2) is 49.3 Å². The third-order valence-corrected chi connectivity index (χ3v) is 4.44. The maximum Gasteiger partial charge on any atom is 0.271 e. The smallest absolute Gasteiger partial charge is 0.271 e. The van der Waals surface area contributed by atoms with E-state index in [-0.39, 0.29) is 5.91 Å². The van der Waals surface area contributed by atoms with E-state index in [1.165, 1.54) is 0 Å². The molecular formula is C17H18N6O. The Hall–Kier alpha value is -2.96.